The summed E-state index contributed by atoms with van der Waals surface area (Å²) in [6, 6.07) is 1.15. The Kier molecular flexibility index (Phi) is 4.65. The second kappa shape index (κ2) is 6.07. The molecule has 2 rings (SSSR count). The van der Waals surface area contributed by atoms with Crippen molar-refractivity contribution < 1.29 is 0 Å². The van der Waals surface area contributed by atoms with Crippen molar-refractivity contribution in [2.24, 2.45) is 5.84 Å². The molecule has 0 aliphatic carbocycles. The Morgan fingerprint density at radius 1 is 1.32 bits per heavy atom. The van der Waals surface area contributed by atoms with Crippen LogP contribution in [-0.4, -0.2) is 14.8 Å². The average molecular weight is 321 g/mol. The third-order valence-corrected chi connectivity index (χ3v) is 3.48. The van der Waals surface area contributed by atoms with Crippen LogP contribution in [0.15, 0.2) is 18.5 Å². The van der Waals surface area contributed by atoms with Crippen LogP contribution in [0.5, 0.6) is 0 Å². The van der Waals surface area contributed by atoms with Gasteiger partial charge in [0.05, 0.1) is 32.7 Å². The van der Waals surface area contributed by atoms with Gasteiger partial charge in [-0.1, -0.05) is 34.8 Å². The lowest BCUT2D eigenvalue weighted by Crippen LogP contribution is -2.31. The molecular formula is C11H12Cl3N5. The molecule has 0 aliphatic heterocycles. The second-order valence-electron chi connectivity index (χ2n) is 3.81. The molecule has 19 heavy (non-hydrogen) atoms. The topological polar surface area (TPSA) is 68.8 Å². The summed E-state index contributed by atoms with van der Waals surface area (Å²) in [5.41, 5.74) is 3.92. The third kappa shape index (κ3) is 2.85. The van der Waals surface area contributed by atoms with E-state index in [1.54, 1.807) is 16.9 Å². The van der Waals surface area contributed by atoms with Crippen LogP contribution in [0.4, 0.5) is 0 Å². The van der Waals surface area contributed by atoms with Crippen molar-refractivity contribution in [2.75, 3.05) is 0 Å². The molecule has 0 bridgehead atoms. The van der Waals surface area contributed by atoms with Gasteiger partial charge in [-0.15, -0.1) is 0 Å². The zero-order chi connectivity index (χ0) is 14.0. The molecule has 0 saturated heterocycles. The second-order valence-corrected chi connectivity index (χ2v) is 5.06. The fourth-order valence-electron chi connectivity index (χ4n) is 1.84. The average Bonchev–Trinajstić information content (AvgIpc) is 2.74. The van der Waals surface area contributed by atoms with Gasteiger partial charge < -0.3 is 0 Å². The predicted molar refractivity (Wildman–Crippen MR) is 76.3 cm³/mol. The number of rotatable bonds is 4. The maximum Gasteiger partial charge on any atom is 0.108 e. The van der Waals surface area contributed by atoms with E-state index in [2.05, 4.69) is 15.5 Å². The minimum atomic E-state index is -0.459. The molecule has 0 saturated carbocycles. The van der Waals surface area contributed by atoms with E-state index < -0.39 is 6.04 Å². The summed E-state index contributed by atoms with van der Waals surface area (Å²) in [6.07, 6.45) is 3.07. The van der Waals surface area contributed by atoms with E-state index in [0.29, 0.717) is 33.0 Å². The Morgan fingerprint density at radius 3 is 2.63 bits per heavy atom. The lowest BCUT2D eigenvalue weighted by molar-refractivity contribution is 0.536. The van der Waals surface area contributed by atoms with E-state index in [9.17, 15) is 0 Å². The standard InChI is InChI=1S/C11H12Cl3N5/c1-2-19-11(8(14)5-17-19)10(18-15)9-7(13)3-6(12)4-16-9/h3-5,10,18H,2,15H2,1H3. The molecule has 102 valence electrons. The van der Waals surface area contributed by atoms with Crippen LogP contribution in [0.2, 0.25) is 15.1 Å². The smallest absolute Gasteiger partial charge is 0.108 e. The SMILES string of the molecule is CCn1ncc(Cl)c1C(NN)c1ncc(Cl)cc1Cl. The highest BCUT2D eigenvalue weighted by Gasteiger charge is 2.24. The summed E-state index contributed by atoms with van der Waals surface area (Å²) >= 11 is 18.1. The number of nitrogens with zero attached hydrogens (tertiary/aromatic N) is 3. The number of aryl methyl sites for hydroxylation is 1. The first kappa shape index (κ1) is 14.6. The first-order chi connectivity index (χ1) is 9.08. The lowest BCUT2D eigenvalue weighted by Gasteiger charge is -2.18. The normalized spacial score (nSPS) is 12.7. The van der Waals surface area contributed by atoms with Gasteiger partial charge in [0.15, 0.2) is 0 Å². The predicted octanol–water partition coefficient (Wildman–Crippen LogP) is 2.81. The summed E-state index contributed by atoms with van der Waals surface area (Å²) in [4.78, 5) is 4.22. The van der Waals surface area contributed by atoms with Gasteiger partial charge >= 0.3 is 0 Å². The number of hydrogen-bond acceptors (Lipinski definition) is 4. The maximum absolute atomic E-state index is 6.15. The fraction of sp³-hybridized carbons (Fsp3) is 0.273. The molecule has 0 aromatic carbocycles. The molecule has 2 heterocycles. The number of hydrogen-bond donors (Lipinski definition) is 2. The number of halogens is 3. The summed E-state index contributed by atoms with van der Waals surface area (Å²) < 4.78 is 1.74. The molecule has 2 aromatic rings. The van der Waals surface area contributed by atoms with Crippen molar-refractivity contribution in [2.45, 2.75) is 19.5 Å². The molecule has 2 aromatic heterocycles. The molecule has 0 fully saturated rings. The van der Waals surface area contributed by atoms with Crippen molar-refractivity contribution in [1.29, 1.82) is 0 Å². The first-order valence-corrected chi connectivity index (χ1v) is 6.70. The van der Waals surface area contributed by atoms with Gasteiger partial charge in [0, 0.05) is 12.7 Å². The molecule has 1 atom stereocenters. The molecule has 5 nitrogen and oxygen atoms in total. The minimum absolute atomic E-state index is 0.412. The Hall–Kier alpha value is -0.850. The van der Waals surface area contributed by atoms with Gasteiger partial charge in [-0.05, 0) is 13.0 Å². The van der Waals surface area contributed by atoms with Crippen LogP contribution in [0.3, 0.4) is 0 Å². The molecule has 0 spiro atoms. The van der Waals surface area contributed by atoms with Crippen molar-refractivity contribution in [3.63, 3.8) is 0 Å². The number of nitrogens with one attached hydrogen (secondary N) is 1. The highest BCUT2D eigenvalue weighted by Crippen LogP contribution is 2.31. The van der Waals surface area contributed by atoms with Gasteiger partial charge in [0.25, 0.3) is 0 Å². The zero-order valence-corrected chi connectivity index (χ0v) is 12.3. The van der Waals surface area contributed by atoms with Crippen molar-refractivity contribution in [1.82, 2.24) is 20.2 Å². The number of nitrogens with two attached hydrogens (primary N) is 1. The van der Waals surface area contributed by atoms with Crippen LogP contribution in [-0.2, 0) is 6.54 Å². The van der Waals surface area contributed by atoms with Crippen LogP contribution in [0.1, 0.15) is 24.4 Å². The Bertz CT molecular complexity index is 584. The summed E-state index contributed by atoms with van der Waals surface area (Å²) in [5.74, 6) is 5.61. The number of hydrazine groups is 1. The molecule has 0 amide bonds. The Balaban J connectivity index is 2.52. The van der Waals surface area contributed by atoms with Crippen molar-refractivity contribution in [3.05, 3.63) is 44.9 Å². The van der Waals surface area contributed by atoms with Gasteiger partial charge in [0.1, 0.15) is 6.04 Å². The summed E-state index contributed by atoms with van der Waals surface area (Å²) in [7, 11) is 0. The first-order valence-electron chi connectivity index (χ1n) is 5.56. The van der Waals surface area contributed by atoms with Crippen LogP contribution in [0, 0.1) is 0 Å². The molecule has 1 unspecified atom stereocenters. The molecule has 3 N–H and O–H groups in total. The van der Waals surface area contributed by atoms with E-state index in [1.165, 1.54) is 6.20 Å². The van der Waals surface area contributed by atoms with Gasteiger partial charge in [-0.25, -0.2) is 5.43 Å². The van der Waals surface area contributed by atoms with Gasteiger partial charge in [-0.2, -0.15) is 5.10 Å². The fourth-order valence-corrected chi connectivity index (χ4v) is 2.58. The zero-order valence-electron chi connectivity index (χ0n) is 10.1. The quantitative estimate of drug-likeness (QED) is 0.671. The Labute approximate surface area is 125 Å². The van der Waals surface area contributed by atoms with Crippen LogP contribution < -0.4 is 11.3 Å². The molecule has 0 aliphatic rings. The Morgan fingerprint density at radius 2 is 2.05 bits per heavy atom. The van der Waals surface area contributed by atoms with Gasteiger partial charge in [0.2, 0.25) is 0 Å². The van der Waals surface area contributed by atoms with E-state index >= 15 is 0 Å². The van der Waals surface area contributed by atoms with E-state index in [4.69, 9.17) is 40.6 Å². The van der Waals surface area contributed by atoms with Gasteiger partial charge in [-0.3, -0.25) is 15.5 Å². The molecule has 0 radical (unpaired) electrons. The number of aromatic nitrogens is 3. The van der Waals surface area contributed by atoms with E-state index in [-0.39, 0.29) is 0 Å². The highest BCUT2D eigenvalue weighted by molar-refractivity contribution is 6.35. The number of pyridine rings is 1. The monoisotopic (exact) mass is 319 g/mol. The lowest BCUT2D eigenvalue weighted by atomic mass is 10.1. The van der Waals surface area contributed by atoms with Crippen molar-refractivity contribution in [3.8, 4) is 0 Å². The molecule has 8 heteroatoms. The van der Waals surface area contributed by atoms with Crippen LogP contribution in [0.25, 0.3) is 0 Å². The van der Waals surface area contributed by atoms with Crippen molar-refractivity contribution >= 4 is 34.8 Å². The summed E-state index contributed by atoms with van der Waals surface area (Å²) in [6.45, 7) is 2.61. The molecular weight excluding hydrogens is 309 g/mol. The third-order valence-electron chi connectivity index (χ3n) is 2.68. The highest BCUT2D eigenvalue weighted by atomic mass is 35.5. The van der Waals surface area contributed by atoms with Crippen LogP contribution >= 0.6 is 34.8 Å². The summed E-state index contributed by atoms with van der Waals surface area (Å²) in [5, 5.41) is 5.54. The maximum atomic E-state index is 6.15. The largest absolute Gasteiger partial charge is 0.270 e. The van der Waals surface area contributed by atoms with E-state index in [0.717, 1.165) is 0 Å². The van der Waals surface area contributed by atoms with E-state index in [1.807, 2.05) is 6.92 Å². The minimum Gasteiger partial charge on any atom is -0.270 e.